The van der Waals surface area contributed by atoms with Crippen molar-refractivity contribution in [3.8, 4) is 5.75 Å². The summed E-state index contributed by atoms with van der Waals surface area (Å²) in [5, 5.41) is 0.584. The maximum absolute atomic E-state index is 5.80. The highest BCUT2D eigenvalue weighted by molar-refractivity contribution is 6.33. The first-order valence-electron chi connectivity index (χ1n) is 3.67. The van der Waals surface area contributed by atoms with Gasteiger partial charge in [-0.1, -0.05) is 11.6 Å². The fraction of sp³-hybridized carbons (Fsp3) is 0.250. The van der Waals surface area contributed by atoms with Gasteiger partial charge in [-0.3, -0.25) is 5.84 Å². The minimum absolute atomic E-state index is 0.584. The summed E-state index contributed by atoms with van der Waals surface area (Å²) in [6, 6.07) is 5.29. The van der Waals surface area contributed by atoms with Gasteiger partial charge in [-0.05, 0) is 19.1 Å². The second-order valence-electron chi connectivity index (χ2n) is 2.22. The van der Waals surface area contributed by atoms with Gasteiger partial charge < -0.3 is 10.2 Å². The lowest BCUT2D eigenvalue weighted by Gasteiger charge is -2.06. The van der Waals surface area contributed by atoms with Crippen molar-refractivity contribution in [2.45, 2.75) is 6.92 Å². The van der Waals surface area contributed by atoms with Crippen LogP contribution in [0.2, 0.25) is 5.02 Å². The van der Waals surface area contributed by atoms with Crippen molar-refractivity contribution in [1.29, 1.82) is 0 Å². The van der Waals surface area contributed by atoms with Gasteiger partial charge in [0.15, 0.2) is 0 Å². The molecule has 0 saturated heterocycles. The predicted octanol–water partition coefficient (Wildman–Crippen LogP) is 2.02. The number of benzene rings is 1. The molecule has 1 aromatic rings. The molecule has 3 nitrogen and oxygen atoms in total. The van der Waals surface area contributed by atoms with Gasteiger partial charge >= 0.3 is 0 Å². The molecular formula is C8H11ClN2O. The van der Waals surface area contributed by atoms with Gasteiger partial charge in [0.2, 0.25) is 0 Å². The van der Waals surface area contributed by atoms with Crippen molar-refractivity contribution in [3.63, 3.8) is 0 Å². The van der Waals surface area contributed by atoms with Crippen molar-refractivity contribution >= 4 is 17.3 Å². The first kappa shape index (κ1) is 9.16. The molecule has 0 aliphatic rings. The third kappa shape index (κ3) is 2.03. The van der Waals surface area contributed by atoms with Crippen LogP contribution in [0.25, 0.3) is 0 Å². The monoisotopic (exact) mass is 186 g/mol. The number of hydrazine groups is 1. The second-order valence-corrected chi connectivity index (χ2v) is 2.63. The number of hydrogen-bond acceptors (Lipinski definition) is 3. The van der Waals surface area contributed by atoms with E-state index in [2.05, 4.69) is 5.43 Å². The molecule has 0 unspecified atom stereocenters. The predicted molar refractivity (Wildman–Crippen MR) is 50.4 cm³/mol. The molecule has 1 rings (SSSR count). The molecule has 0 bridgehead atoms. The summed E-state index contributed by atoms with van der Waals surface area (Å²) in [6.45, 7) is 2.55. The van der Waals surface area contributed by atoms with Crippen LogP contribution in [0.4, 0.5) is 5.69 Å². The minimum atomic E-state index is 0.584. The molecule has 0 aliphatic heterocycles. The molecule has 0 aliphatic carbocycles. The molecule has 12 heavy (non-hydrogen) atoms. The first-order chi connectivity index (χ1) is 5.77. The molecule has 4 heteroatoms. The van der Waals surface area contributed by atoms with E-state index in [0.29, 0.717) is 17.3 Å². The number of nitrogen functional groups attached to an aromatic ring is 1. The van der Waals surface area contributed by atoms with E-state index in [9.17, 15) is 0 Å². The molecule has 0 aromatic heterocycles. The van der Waals surface area contributed by atoms with E-state index in [0.717, 1.165) is 5.75 Å². The number of hydrogen-bond donors (Lipinski definition) is 2. The number of rotatable bonds is 3. The summed E-state index contributed by atoms with van der Waals surface area (Å²) in [5.74, 6) is 5.98. The van der Waals surface area contributed by atoms with E-state index in [1.54, 1.807) is 18.2 Å². The lowest BCUT2D eigenvalue weighted by atomic mass is 10.3. The lowest BCUT2D eigenvalue weighted by Crippen LogP contribution is -2.07. The summed E-state index contributed by atoms with van der Waals surface area (Å²) >= 11 is 5.80. The lowest BCUT2D eigenvalue weighted by molar-refractivity contribution is 0.340. The highest BCUT2D eigenvalue weighted by Crippen LogP contribution is 2.25. The van der Waals surface area contributed by atoms with E-state index < -0.39 is 0 Å². The minimum Gasteiger partial charge on any atom is -0.494 e. The van der Waals surface area contributed by atoms with Gasteiger partial charge in [0.1, 0.15) is 5.75 Å². The molecule has 0 spiro atoms. The Bertz CT molecular complexity index is 265. The normalized spacial score (nSPS) is 9.58. The summed E-state index contributed by atoms with van der Waals surface area (Å²) in [5.41, 5.74) is 3.15. The van der Waals surface area contributed by atoms with E-state index in [4.69, 9.17) is 22.2 Å². The third-order valence-corrected chi connectivity index (χ3v) is 1.73. The molecule has 0 heterocycles. The van der Waals surface area contributed by atoms with Crippen molar-refractivity contribution in [1.82, 2.24) is 0 Å². The Morgan fingerprint density at radius 2 is 2.33 bits per heavy atom. The number of halogens is 1. The fourth-order valence-corrected chi connectivity index (χ4v) is 1.04. The van der Waals surface area contributed by atoms with Gasteiger partial charge in [-0.25, -0.2) is 0 Å². The van der Waals surface area contributed by atoms with Crippen LogP contribution in [-0.4, -0.2) is 6.61 Å². The Kier molecular flexibility index (Phi) is 3.19. The van der Waals surface area contributed by atoms with Crippen LogP contribution in [0.5, 0.6) is 5.75 Å². The highest BCUT2D eigenvalue weighted by atomic mass is 35.5. The van der Waals surface area contributed by atoms with Crippen LogP contribution in [0, 0.1) is 0 Å². The summed E-state index contributed by atoms with van der Waals surface area (Å²) in [7, 11) is 0. The Balaban J connectivity index is 2.89. The summed E-state index contributed by atoms with van der Waals surface area (Å²) in [4.78, 5) is 0. The van der Waals surface area contributed by atoms with E-state index in [-0.39, 0.29) is 0 Å². The molecule has 0 atom stereocenters. The Hall–Kier alpha value is -0.930. The zero-order valence-corrected chi connectivity index (χ0v) is 7.56. The Morgan fingerprint density at radius 1 is 1.58 bits per heavy atom. The maximum Gasteiger partial charge on any atom is 0.121 e. The van der Waals surface area contributed by atoms with Crippen molar-refractivity contribution < 1.29 is 4.74 Å². The molecule has 3 N–H and O–H groups in total. The SMILES string of the molecule is CCOc1ccc(Cl)c(NN)c1. The zero-order valence-electron chi connectivity index (χ0n) is 6.80. The van der Waals surface area contributed by atoms with E-state index in [1.165, 1.54) is 0 Å². The van der Waals surface area contributed by atoms with Gasteiger partial charge in [-0.15, -0.1) is 0 Å². The Morgan fingerprint density at radius 3 is 2.92 bits per heavy atom. The van der Waals surface area contributed by atoms with E-state index in [1.807, 2.05) is 6.92 Å². The largest absolute Gasteiger partial charge is 0.494 e. The van der Waals surface area contributed by atoms with Crippen LogP contribution in [0.15, 0.2) is 18.2 Å². The average Bonchev–Trinajstić information content (AvgIpc) is 2.09. The standard InChI is InChI=1S/C8H11ClN2O/c1-2-12-6-3-4-7(9)8(5-6)11-10/h3-5,11H,2,10H2,1H3. The van der Waals surface area contributed by atoms with Crippen molar-refractivity contribution in [2.75, 3.05) is 12.0 Å². The number of nitrogens with two attached hydrogens (primary N) is 1. The molecule has 0 saturated carbocycles. The second kappa shape index (κ2) is 4.18. The first-order valence-corrected chi connectivity index (χ1v) is 4.04. The quantitative estimate of drug-likeness (QED) is 0.561. The van der Waals surface area contributed by atoms with Crippen molar-refractivity contribution in [2.24, 2.45) is 5.84 Å². The van der Waals surface area contributed by atoms with Crippen molar-refractivity contribution in [3.05, 3.63) is 23.2 Å². The van der Waals surface area contributed by atoms with Gasteiger partial charge in [0.05, 0.1) is 17.3 Å². The highest BCUT2D eigenvalue weighted by Gasteiger charge is 1.99. The maximum atomic E-state index is 5.80. The zero-order chi connectivity index (χ0) is 8.97. The topological polar surface area (TPSA) is 47.3 Å². The molecule has 0 radical (unpaired) electrons. The van der Waals surface area contributed by atoms with Gasteiger partial charge in [0, 0.05) is 6.07 Å². The van der Waals surface area contributed by atoms with Crippen LogP contribution >= 0.6 is 11.6 Å². The van der Waals surface area contributed by atoms with Crippen LogP contribution in [0.3, 0.4) is 0 Å². The molecular weight excluding hydrogens is 176 g/mol. The van der Waals surface area contributed by atoms with E-state index >= 15 is 0 Å². The third-order valence-electron chi connectivity index (χ3n) is 1.40. The van der Waals surface area contributed by atoms with Gasteiger partial charge in [-0.2, -0.15) is 0 Å². The average molecular weight is 187 g/mol. The number of nitrogens with one attached hydrogen (secondary N) is 1. The smallest absolute Gasteiger partial charge is 0.121 e. The molecule has 0 amide bonds. The number of anilines is 1. The van der Waals surface area contributed by atoms with Gasteiger partial charge in [0.25, 0.3) is 0 Å². The van der Waals surface area contributed by atoms with Crippen LogP contribution < -0.4 is 16.0 Å². The van der Waals surface area contributed by atoms with Crippen LogP contribution in [0.1, 0.15) is 6.92 Å². The van der Waals surface area contributed by atoms with Crippen LogP contribution in [-0.2, 0) is 0 Å². The summed E-state index contributed by atoms with van der Waals surface area (Å²) in [6.07, 6.45) is 0. The summed E-state index contributed by atoms with van der Waals surface area (Å²) < 4.78 is 5.25. The molecule has 66 valence electrons. The molecule has 0 fully saturated rings. The fourth-order valence-electron chi connectivity index (χ4n) is 0.871. The number of ether oxygens (including phenoxy) is 1. The Labute approximate surface area is 76.4 Å². The molecule has 1 aromatic carbocycles.